The molecular weight excluding hydrogens is 232 g/mol. The maximum Gasteiger partial charge on any atom is 0.335 e. The lowest BCUT2D eigenvalue weighted by atomic mass is 10.0. The molecule has 5 heteroatoms. The van der Waals surface area contributed by atoms with E-state index < -0.39 is 11.3 Å². The van der Waals surface area contributed by atoms with Crippen LogP contribution in [0.3, 0.4) is 0 Å². The number of carbonyl (C=O) groups excluding carboxylic acids is 1. The molecule has 0 heterocycles. The minimum Gasteiger partial charge on any atom is -0.496 e. The Morgan fingerprint density at radius 2 is 2.06 bits per heavy atom. The molecule has 86 valence electrons. The average Bonchev–Trinajstić information content (AvgIpc) is 2.26. The molecule has 0 saturated carbocycles. The third-order valence-corrected chi connectivity index (χ3v) is 2.27. The highest BCUT2D eigenvalue weighted by atomic mass is 35.5. The molecule has 1 N–H and O–H groups in total. The number of alkyl halides is 1. The Morgan fingerprint density at radius 3 is 2.50 bits per heavy atom. The largest absolute Gasteiger partial charge is 0.496 e. The van der Waals surface area contributed by atoms with Crippen LogP contribution in [-0.2, 0) is 0 Å². The molecule has 0 aliphatic carbocycles. The Hall–Kier alpha value is -1.55. The fourth-order valence-electron chi connectivity index (χ4n) is 1.25. The van der Waals surface area contributed by atoms with Crippen molar-refractivity contribution in [3.05, 3.63) is 29.3 Å². The molecule has 0 aliphatic rings. The van der Waals surface area contributed by atoms with Crippen molar-refractivity contribution in [1.82, 2.24) is 0 Å². The molecule has 1 rings (SSSR count). The quantitative estimate of drug-likeness (QED) is 0.649. The van der Waals surface area contributed by atoms with Crippen LogP contribution in [0, 0.1) is 0 Å². The summed E-state index contributed by atoms with van der Waals surface area (Å²) in [4.78, 5) is 22.5. The molecule has 0 radical (unpaired) electrons. The number of carbonyl (C=O) groups is 2. The molecule has 0 fully saturated rings. The van der Waals surface area contributed by atoms with E-state index in [1.807, 2.05) is 0 Å². The Bertz CT molecular complexity index is 426. The highest BCUT2D eigenvalue weighted by molar-refractivity contribution is 6.34. The molecule has 1 atom stereocenters. The summed E-state index contributed by atoms with van der Waals surface area (Å²) in [5.41, 5.74) is 0.214. The van der Waals surface area contributed by atoms with Gasteiger partial charge in [-0.25, -0.2) is 4.79 Å². The van der Waals surface area contributed by atoms with Crippen molar-refractivity contribution in [3.63, 3.8) is 0 Å². The van der Waals surface area contributed by atoms with Gasteiger partial charge in [0.15, 0.2) is 5.78 Å². The Balaban J connectivity index is 3.27. The second kappa shape index (κ2) is 4.99. The second-order valence-corrected chi connectivity index (χ2v) is 3.86. The van der Waals surface area contributed by atoms with Crippen LogP contribution < -0.4 is 4.74 Å². The van der Waals surface area contributed by atoms with Gasteiger partial charge in [-0.2, -0.15) is 0 Å². The number of methoxy groups -OCH3 is 1. The zero-order chi connectivity index (χ0) is 12.3. The fourth-order valence-corrected chi connectivity index (χ4v) is 1.37. The van der Waals surface area contributed by atoms with Gasteiger partial charge in [-0.15, -0.1) is 11.6 Å². The molecular formula is C11H11ClO4. The van der Waals surface area contributed by atoms with Crippen LogP contribution in [0.1, 0.15) is 27.6 Å². The topological polar surface area (TPSA) is 63.6 Å². The highest BCUT2D eigenvalue weighted by Crippen LogP contribution is 2.22. The predicted molar refractivity (Wildman–Crippen MR) is 59.6 cm³/mol. The van der Waals surface area contributed by atoms with Crippen LogP contribution >= 0.6 is 11.6 Å². The highest BCUT2D eigenvalue weighted by Gasteiger charge is 2.19. The van der Waals surface area contributed by atoms with E-state index >= 15 is 0 Å². The first-order valence-electron chi connectivity index (χ1n) is 4.57. The van der Waals surface area contributed by atoms with E-state index in [1.165, 1.54) is 32.2 Å². The number of ether oxygens (including phenoxy) is 1. The monoisotopic (exact) mass is 242 g/mol. The van der Waals surface area contributed by atoms with E-state index in [-0.39, 0.29) is 16.9 Å². The molecule has 1 aromatic rings. The van der Waals surface area contributed by atoms with E-state index in [9.17, 15) is 9.59 Å². The van der Waals surface area contributed by atoms with Crippen molar-refractivity contribution in [3.8, 4) is 5.75 Å². The Labute approximate surface area is 97.8 Å². The van der Waals surface area contributed by atoms with Crippen LogP contribution in [0.5, 0.6) is 5.75 Å². The molecule has 0 saturated heterocycles. The van der Waals surface area contributed by atoms with Gasteiger partial charge in [-0.3, -0.25) is 4.79 Å². The summed E-state index contributed by atoms with van der Waals surface area (Å²) in [6.45, 7) is 1.52. The molecule has 0 aromatic heterocycles. The zero-order valence-electron chi connectivity index (χ0n) is 8.86. The molecule has 1 aromatic carbocycles. The van der Waals surface area contributed by atoms with E-state index in [4.69, 9.17) is 21.4 Å². The second-order valence-electron chi connectivity index (χ2n) is 3.20. The molecule has 0 spiro atoms. The smallest absolute Gasteiger partial charge is 0.335 e. The van der Waals surface area contributed by atoms with Gasteiger partial charge < -0.3 is 9.84 Å². The number of halogens is 1. The summed E-state index contributed by atoms with van der Waals surface area (Å²) in [6.07, 6.45) is 0. The van der Waals surface area contributed by atoms with Crippen LogP contribution in [0.15, 0.2) is 18.2 Å². The van der Waals surface area contributed by atoms with Crippen molar-refractivity contribution in [1.29, 1.82) is 0 Å². The number of benzene rings is 1. The fraction of sp³-hybridized carbons (Fsp3) is 0.273. The van der Waals surface area contributed by atoms with Crippen molar-refractivity contribution in [2.75, 3.05) is 7.11 Å². The van der Waals surface area contributed by atoms with Gasteiger partial charge in [0.2, 0.25) is 0 Å². The maximum atomic E-state index is 11.7. The van der Waals surface area contributed by atoms with E-state index in [0.717, 1.165) is 0 Å². The Kier molecular flexibility index (Phi) is 3.90. The van der Waals surface area contributed by atoms with Crippen molar-refractivity contribution in [2.45, 2.75) is 12.3 Å². The zero-order valence-corrected chi connectivity index (χ0v) is 9.62. The number of aromatic carboxylic acids is 1. The summed E-state index contributed by atoms with van der Waals surface area (Å²) < 4.78 is 4.98. The van der Waals surface area contributed by atoms with Crippen LogP contribution in [0.4, 0.5) is 0 Å². The molecule has 16 heavy (non-hydrogen) atoms. The van der Waals surface area contributed by atoms with Crippen molar-refractivity contribution in [2.24, 2.45) is 0 Å². The molecule has 4 nitrogen and oxygen atoms in total. The van der Waals surface area contributed by atoms with Crippen LogP contribution in [0.25, 0.3) is 0 Å². The first kappa shape index (κ1) is 12.5. The van der Waals surface area contributed by atoms with E-state index in [0.29, 0.717) is 5.75 Å². The Morgan fingerprint density at radius 1 is 1.44 bits per heavy atom. The van der Waals surface area contributed by atoms with Crippen molar-refractivity contribution >= 4 is 23.4 Å². The van der Waals surface area contributed by atoms with Gasteiger partial charge >= 0.3 is 5.97 Å². The molecule has 1 unspecified atom stereocenters. The number of carboxylic acid groups (broad SMARTS) is 1. The first-order chi connectivity index (χ1) is 7.47. The third-order valence-electron chi connectivity index (χ3n) is 2.07. The van der Waals surface area contributed by atoms with Gasteiger partial charge in [0, 0.05) is 0 Å². The van der Waals surface area contributed by atoms with Gasteiger partial charge in [0.1, 0.15) is 5.75 Å². The summed E-state index contributed by atoms with van der Waals surface area (Å²) in [5, 5.41) is 8.08. The number of hydrogen-bond acceptors (Lipinski definition) is 3. The number of Topliss-reactive ketones (excluding diaryl/α,β-unsaturated/α-hetero) is 1. The normalized spacial score (nSPS) is 11.9. The van der Waals surface area contributed by atoms with Gasteiger partial charge in [0.25, 0.3) is 0 Å². The summed E-state index contributed by atoms with van der Waals surface area (Å²) >= 11 is 5.67. The summed E-state index contributed by atoms with van der Waals surface area (Å²) in [7, 11) is 1.41. The van der Waals surface area contributed by atoms with Gasteiger partial charge in [-0.1, -0.05) is 0 Å². The molecule has 0 amide bonds. The standard InChI is InChI=1S/C11H11ClO4/c1-6(12)10(13)8-5-7(11(14)15)3-4-9(8)16-2/h3-6H,1-2H3,(H,14,15). The predicted octanol–water partition coefficient (Wildman–Crippen LogP) is 2.20. The maximum absolute atomic E-state index is 11.7. The minimum atomic E-state index is -1.10. The molecule has 0 bridgehead atoms. The van der Waals surface area contributed by atoms with E-state index in [2.05, 4.69) is 0 Å². The number of hydrogen-bond donors (Lipinski definition) is 1. The SMILES string of the molecule is COc1ccc(C(=O)O)cc1C(=O)C(C)Cl. The van der Waals surface area contributed by atoms with Gasteiger partial charge in [-0.05, 0) is 25.1 Å². The summed E-state index contributed by atoms with van der Waals surface area (Å²) in [5.74, 6) is -1.14. The number of ketones is 1. The lowest BCUT2D eigenvalue weighted by Crippen LogP contribution is -2.13. The van der Waals surface area contributed by atoms with E-state index in [1.54, 1.807) is 0 Å². The number of rotatable bonds is 4. The van der Waals surface area contributed by atoms with Crippen LogP contribution in [-0.4, -0.2) is 29.3 Å². The summed E-state index contributed by atoms with van der Waals surface area (Å²) in [6, 6.07) is 4.08. The average molecular weight is 243 g/mol. The molecule has 0 aliphatic heterocycles. The lowest BCUT2D eigenvalue weighted by molar-refractivity contribution is 0.0697. The third kappa shape index (κ3) is 2.52. The minimum absolute atomic E-state index is 0.0291. The van der Waals surface area contributed by atoms with Crippen LogP contribution in [0.2, 0.25) is 0 Å². The lowest BCUT2D eigenvalue weighted by Gasteiger charge is -2.09. The number of carboxylic acids is 1. The van der Waals surface area contributed by atoms with Gasteiger partial charge in [0.05, 0.1) is 23.6 Å². The van der Waals surface area contributed by atoms with Crippen molar-refractivity contribution < 1.29 is 19.4 Å². The first-order valence-corrected chi connectivity index (χ1v) is 5.00.